The van der Waals surface area contributed by atoms with Gasteiger partial charge in [0.25, 0.3) is 0 Å². The van der Waals surface area contributed by atoms with E-state index < -0.39 is 11.6 Å². The Bertz CT molecular complexity index is 1200. The lowest BCUT2D eigenvalue weighted by molar-refractivity contribution is 0.638. The number of anilines is 2. The van der Waals surface area contributed by atoms with E-state index in [2.05, 4.69) is 20.3 Å². The van der Waals surface area contributed by atoms with Crippen molar-refractivity contribution in [3.05, 3.63) is 41.2 Å². The highest BCUT2D eigenvalue weighted by Crippen LogP contribution is 2.41. The van der Waals surface area contributed by atoms with Crippen molar-refractivity contribution in [2.45, 2.75) is 6.42 Å². The molecule has 144 valence electrons. The molecule has 0 saturated carbocycles. The standard InChI is InChI=1S/C18H15ClF2N6S/c19-10-6-9-14(25-7-26-17(9)24-5-1-4-22)13(21)12(10)8-2-3-11(20)16-15(8)27-18(23)28-16/h2-3,6-7H,1,4-5,22H2,(H2,23,27)(H,24,25,26). The van der Waals surface area contributed by atoms with Crippen molar-refractivity contribution in [1.29, 1.82) is 0 Å². The number of hydrogen-bond donors (Lipinski definition) is 3. The summed E-state index contributed by atoms with van der Waals surface area (Å²) in [5.74, 6) is -0.641. The van der Waals surface area contributed by atoms with Crippen LogP contribution in [0.15, 0.2) is 24.5 Å². The van der Waals surface area contributed by atoms with Gasteiger partial charge in [0.05, 0.1) is 15.2 Å². The average Bonchev–Trinajstić information content (AvgIpc) is 3.07. The predicted molar refractivity (Wildman–Crippen MR) is 110 cm³/mol. The van der Waals surface area contributed by atoms with E-state index in [1.165, 1.54) is 18.5 Å². The van der Waals surface area contributed by atoms with Crippen LogP contribution in [0.25, 0.3) is 32.2 Å². The summed E-state index contributed by atoms with van der Waals surface area (Å²) in [4.78, 5) is 12.4. The summed E-state index contributed by atoms with van der Waals surface area (Å²) in [6.07, 6.45) is 2.01. The molecule has 4 aromatic rings. The zero-order valence-corrected chi connectivity index (χ0v) is 16.0. The number of halogens is 3. The van der Waals surface area contributed by atoms with Crippen LogP contribution < -0.4 is 16.8 Å². The molecule has 2 heterocycles. The van der Waals surface area contributed by atoms with E-state index in [4.69, 9.17) is 23.1 Å². The molecule has 0 aliphatic rings. The Morgan fingerprint density at radius 2 is 2.00 bits per heavy atom. The zero-order chi connectivity index (χ0) is 19.8. The van der Waals surface area contributed by atoms with Crippen molar-refractivity contribution < 1.29 is 8.78 Å². The molecule has 0 bridgehead atoms. The second-order valence-electron chi connectivity index (χ2n) is 6.06. The van der Waals surface area contributed by atoms with Gasteiger partial charge in [-0.05, 0) is 31.2 Å². The fourth-order valence-corrected chi connectivity index (χ4v) is 4.08. The number of aromatic nitrogens is 3. The maximum Gasteiger partial charge on any atom is 0.181 e. The molecule has 0 aliphatic heterocycles. The summed E-state index contributed by atoms with van der Waals surface area (Å²) in [6, 6.07) is 4.27. The maximum absolute atomic E-state index is 15.4. The smallest absolute Gasteiger partial charge is 0.181 e. The highest BCUT2D eigenvalue weighted by molar-refractivity contribution is 7.22. The van der Waals surface area contributed by atoms with Crippen molar-refractivity contribution in [3.8, 4) is 11.1 Å². The van der Waals surface area contributed by atoms with Crippen molar-refractivity contribution in [3.63, 3.8) is 0 Å². The monoisotopic (exact) mass is 420 g/mol. The van der Waals surface area contributed by atoms with Crippen molar-refractivity contribution >= 4 is 55.0 Å². The van der Waals surface area contributed by atoms with Crippen LogP contribution in [0.2, 0.25) is 5.02 Å². The molecule has 0 amide bonds. The lowest BCUT2D eigenvalue weighted by Crippen LogP contribution is -2.10. The summed E-state index contributed by atoms with van der Waals surface area (Å²) in [7, 11) is 0. The lowest BCUT2D eigenvalue weighted by atomic mass is 10.0. The molecule has 0 unspecified atom stereocenters. The van der Waals surface area contributed by atoms with Gasteiger partial charge in [-0.15, -0.1) is 0 Å². The van der Waals surface area contributed by atoms with Gasteiger partial charge in [0, 0.05) is 23.1 Å². The Morgan fingerprint density at radius 1 is 1.18 bits per heavy atom. The molecule has 6 nitrogen and oxygen atoms in total. The van der Waals surface area contributed by atoms with Crippen molar-refractivity contribution in [2.75, 3.05) is 24.1 Å². The van der Waals surface area contributed by atoms with Gasteiger partial charge in [-0.1, -0.05) is 22.9 Å². The fourth-order valence-electron chi connectivity index (χ4n) is 3.02. The highest BCUT2D eigenvalue weighted by Gasteiger charge is 2.21. The van der Waals surface area contributed by atoms with Gasteiger partial charge in [0.1, 0.15) is 23.5 Å². The van der Waals surface area contributed by atoms with Gasteiger partial charge in [0.15, 0.2) is 10.9 Å². The molecule has 0 spiro atoms. The van der Waals surface area contributed by atoms with Crippen molar-refractivity contribution in [1.82, 2.24) is 15.0 Å². The van der Waals surface area contributed by atoms with E-state index >= 15 is 4.39 Å². The minimum absolute atomic E-state index is 0.0936. The molecule has 4 rings (SSSR count). The van der Waals surface area contributed by atoms with Crippen LogP contribution in [-0.4, -0.2) is 28.0 Å². The predicted octanol–water partition coefficient (Wildman–Crippen LogP) is 4.18. The Kier molecular flexibility index (Phi) is 4.96. The molecule has 0 fully saturated rings. The van der Waals surface area contributed by atoms with E-state index in [-0.39, 0.29) is 31.5 Å². The molecule has 5 N–H and O–H groups in total. The van der Waals surface area contributed by atoms with E-state index in [1.54, 1.807) is 6.07 Å². The third kappa shape index (κ3) is 3.11. The SMILES string of the molecule is NCCCNc1ncnc2c(F)c(-c3ccc(F)c4sc(N)nc34)c(Cl)cc12. The summed E-state index contributed by atoms with van der Waals surface area (Å²) in [5.41, 5.74) is 12.0. The molecule has 10 heteroatoms. The Labute approximate surface area is 167 Å². The molecule has 0 atom stereocenters. The summed E-state index contributed by atoms with van der Waals surface area (Å²) < 4.78 is 29.8. The number of fused-ring (bicyclic) bond motifs is 2. The number of benzene rings is 2. The van der Waals surface area contributed by atoms with E-state index in [1.807, 2.05) is 0 Å². The van der Waals surface area contributed by atoms with Crippen LogP contribution >= 0.6 is 22.9 Å². The topological polar surface area (TPSA) is 103 Å². The quantitative estimate of drug-likeness (QED) is 0.418. The molecule has 2 aromatic heterocycles. The van der Waals surface area contributed by atoms with Crippen LogP contribution in [0.5, 0.6) is 0 Å². The van der Waals surface area contributed by atoms with Gasteiger partial charge in [0.2, 0.25) is 0 Å². The van der Waals surface area contributed by atoms with E-state index in [9.17, 15) is 4.39 Å². The molecule has 28 heavy (non-hydrogen) atoms. The Balaban J connectivity index is 1.93. The van der Waals surface area contributed by atoms with Crippen LogP contribution in [0.4, 0.5) is 19.7 Å². The van der Waals surface area contributed by atoms with E-state index in [0.717, 1.165) is 17.8 Å². The number of nitrogens with zero attached hydrogens (tertiary/aromatic N) is 3. The van der Waals surface area contributed by atoms with Crippen molar-refractivity contribution in [2.24, 2.45) is 5.73 Å². The molecule has 0 radical (unpaired) electrons. The number of thiazole rings is 1. The first kappa shape index (κ1) is 18.7. The van der Waals surface area contributed by atoms with Gasteiger partial charge in [-0.3, -0.25) is 0 Å². The van der Waals surface area contributed by atoms with E-state index in [0.29, 0.717) is 29.9 Å². The number of rotatable bonds is 5. The maximum atomic E-state index is 15.4. The molecule has 2 aromatic carbocycles. The fraction of sp³-hybridized carbons (Fsp3) is 0.167. The molecular weight excluding hydrogens is 406 g/mol. The second-order valence-corrected chi connectivity index (χ2v) is 7.50. The summed E-state index contributed by atoms with van der Waals surface area (Å²) in [6.45, 7) is 1.10. The number of nitrogen functional groups attached to an aromatic ring is 1. The first-order valence-corrected chi connectivity index (χ1v) is 9.62. The summed E-state index contributed by atoms with van der Waals surface area (Å²) in [5, 5.41) is 3.88. The first-order valence-electron chi connectivity index (χ1n) is 8.42. The van der Waals surface area contributed by atoms with Crippen LogP contribution in [-0.2, 0) is 0 Å². The Hall–Kier alpha value is -2.62. The average molecular weight is 421 g/mol. The first-order chi connectivity index (χ1) is 13.5. The minimum Gasteiger partial charge on any atom is -0.375 e. The largest absolute Gasteiger partial charge is 0.375 e. The third-order valence-corrected chi connectivity index (χ3v) is 5.47. The van der Waals surface area contributed by atoms with Gasteiger partial charge >= 0.3 is 0 Å². The van der Waals surface area contributed by atoms with Gasteiger partial charge in [-0.25, -0.2) is 23.7 Å². The number of nitrogens with two attached hydrogens (primary N) is 2. The van der Waals surface area contributed by atoms with Crippen LogP contribution in [0.3, 0.4) is 0 Å². The van der Waals surface area contributed by atoms with Gasteiger partial charge in [-0.2, -0.15) is 0 Å². The lowest BCUT2D eigenvalue weighted by Gasteiger charge is -2.13. The molecule has 0 aliphatic carbocycles. The normalized spacial score (nSPS) is 11.4. The third-order valence-electron chi connectivity index (χ3n) is 4.28. The number of nitrogens with one attached hydrogen (secondary N) is 1. The summed E-state index contributed by atoms with van der Waals surface area (Å²) >= 11 is 7.43. The Morgan fingerprint density at radius 3 is 2.79 bits per heavy atom. The van der Waals surface area contributed by atoms with Gasteiger partial charge < -0.3 is 16.8 Å². The van der Waals surface area contributed by atoms with Crippen LogP contribution in [0.1, 0.15) is 6.42 Å². The van der Waals surface area contributed by atoms with Crippen LogP contribution in [0, 0.1) is 11.6 Å². The minimum atomic E-state index is -0.633. The molecule has 0 saturated heterocycles. The zero-order valence-electron chi connectivity index (χ0n) is 14.5. The number of hydrogen-bond acceptors (Lipinski definition) is 7. The molecular formula is C18H15ClF2N6S. The second kappa shape index (κ2) is 7.42. The highest BCUT2D eigenvalue weighted by atomic mass is 35.5.